The van der Waals surface area contributed by atoms with E-state index in [4.69, 9.17) is 21.1 Å². The molecule has 0 bridgehead atoms. The number of halogens is 1. The summed E-state index contributed by atoms with van der Waals surface area (Å²) in [5, 5.41) is 5.96. The quantitative estimate of drug-likeness (QED) is 0.664. The number of anilines is 2. The number of hydrogen-bond acceptors (Lipinski definition) is 5. The third kappa shape index (κ3) is 5.86. The summed E-state index contributed by atoms with van der Waals surface area (Å²) in [5.41, 5.74) is 1.36. The summed E-state index contributed by atoms with van der Waals surface area (Å²) in [5.74, 6) is 0.200. The number of benzene rings is 2. The van der Waals surface area contributed by atoms with Crippen molar-refractivity contribution < 1.29 is 23.9 Å². The number of hydrogen-bond donors (Lipinski definition) is 2. The molecule has 0 unspecified atom stereocenters. The van der Waals surface area contributed by atoms with E-state index in [0.717, 1.165) is 0 Å². The van der Waals surface area contributed by atoms with Crippen molar-refractivity contribution in [1.82, 2.24) is 9.80 Å². The molecule has 2 N–H and O–H groups in total. The van der Waals surface area contributed by atoms with Crippen molar-refractivity contribution in [2.24, 2.45) is 0 Å². The van der Waals surface area contributed by atoms with Gasteiger partial charge in [-0.1, -0.05) is 17.7 Å². The standard InChI is InChI=1S/C25H29ClN4O5/c1-29(2)23(31)13-18-8-9-20-22(35-18)14-34-21-10-7-17(12-19(21)24(32)30(20)3)28-25(33)27-16-6-4-5-15(26)11-16/h4-7,10-12,18,20,22H,8-9,13-14H2,1-3H3,(H2,27,28,33)/t18-,20-,22+/m1/s1. The van der Waals surface area contributed by atoms with Gasteiger partial charge < -0.3 is 29.9 Å². The van der Waals surface area contributed by atoms with E-state index < -0.39 is 6.03 Å². The molecule has 0 spiro atoms. The van der Waals surface area contributed by atoms with E-state index >= 15 is 0 Å². The zero-order valence-corrected chi connectivity index (χ0v) is 20.7. The van der Waals surface area contributed by atoms with Crippen LogP contribution in [0.25, 0.3) is 0 Å². The molecule has 2 aromatic carbocycles. The Balaban J connectivity index is 1.46. The lowest BCUT2D eigenvalue weighted by molar-refractivity contribution is -0.140. The summed E-state index contributed by atoms with van der Waals surface area (Å²) in [6.45, 7) is 0.254. The third-order valence-electron chi connectivity index (χ3n) is 6.25. The van der Waals surface area contributed by atoms with Crippen LogP contribution in [0.2, 0.25) is 5.02 Å². The van der Waals surface area contributed by atoms with E-state index in [2.05, 4.69) is 10.6 Å². The first-order valence-corrected chi connectivity index (χ1v) is 11.8. The SMILES string of the molecule is CN(C)C(=O)C[C@H]1CC[C@@H]2[C@H](COc3ccc(NC(=O)Nc4cccc(Cl)c4)cc3C(=O)N2C)O1. The van der Waals surface area contributed by atoms with Crippen LogP contribution in [0.1, 0.15) is 29.6 Å². The number of urea groups is 1. The van der Waals surface area contributed by atoms with Gasteiger partial charge in [0.15, 0.2) is 0 Å². The molecule has 3 atom stereocenters. The molecule has 1 saturated heterocycles. The maximum absolute atomic E-state index is 13.3. The van der Waals surface area contributed by atoms with Crippen LogP contribution in [0, 0.1) is 0 Å². The molecule has 4 amide bonds. The summed E-state index contributed by atoms with van der Waals surface area (Å²) >= 11 is 5.96. The second-order valence-electron chi connectivity index (χ2n) is 8.96. The molecule has 2 aliphatic heterocycles. The van der Waals surface area contributed by atoms with Gasteiger partial charge in [-0.3, -0.25) is 9.59 Å². The van der Waals surface area contributed by atoms with Crippen molar-refractivity contribution in [2.75, 3.05) is 38.4 Å². The summed E-state index contributed by atoms with van der Waals surface area (Å²) < 4.78 is 12.2. The zero-order chi connectivity index (χ0) is 25.1. The maximum atomic E-state index is 13.3. The summed E-state index contributed by atoms with van der Waals surface area (Å²) in [6.07, 6.45) is 1.14. The summed E-state index contributed by atoms with van der Waals surface area (Å²) in [6, 6.07) is 11.1. The van der Waals surface area contributed by atoms with E-state index in [1.807, 2.05) is 0 Å². The lowest BCUT2D eigenvalue weighted by Gasteiger charge is -2.42. The first-order chi connectivity index (χ1) is 16.7. The van der Waals surface area contributed by atoms with Crippen LogP contribution in [-0.2, 0) is 9.53 Å². The topological polar surface area (TPSA) is 100 Å². The second-order valence-corrected chi connectivity index (χ2v) is 9.40. The Bertz CT molecular complexity index is 1120. The molecule has 4 rings (SSSR count). The lowest BCUT2D eigenvalue weighted by atomic mass is 9.94. The molecule has 10 heteroatoms. The molecule has 0 aromatic heterocycles. The van der Waals surface area contributed by atoms with Gasteiger partial charge in [0.25, 0.3) is 5.91 Å². The number of nitrogens with one attached hydrogen (secondary N) is 2. The summed E-state index contributed by atoms with van der Waals surface area (Å²) in [4.78, 5) is 41.1. The van der Waals surface area contributed by atoms with E-state index in [0.29, 0.717) is 47.0 Å². The highest BCUT2D eigenvalue weighted by Gasteiger charge is 2.39. The molecule has 2 aliphatic rings. The molecule has 1 fully saturated rings. The number of nitrogens with zero attached hydrogens (tertiary/aromatic N) is 2. The van der Waals surface area contributed by atoms with Crippen LogP contribution in [-0.4, -0.2) is 73.6 Å². The molecule has 0 radical (unpaired) electrons. The molecule has 35 heavy (non-hydrogen) atoms. The lowest BCUT2D eigenvalue weighted by Crippen LogP contribution is -2.53. The van der Waals surface area contributed by atoms with Crippen molar-refractivity contribution >= 4 is 40.8 Å². The molecular formula is C25H29ClN4O5. The van der Waals surface area contributed by atoms with E-state index in [-0.39, 0.29) is 36.7 Å². The van der Waals surface area contributed by atoms with Crippen LogP contribution in [0.3, 0.4) is 0 Å². The first-order valence-electron chi connectivity index (χ1n) is 11.4. The normalized spacial score (nSPS) is 21.5. The number of carbonyl (C=O) groups excluding carboxylic acids is 3. The fourth-order valence-corrected chi connectivity index (χ4v) is 4.53. The Hall–Kier alpha value is -3.30. The number of likely N-dealkylation sites (N-methyl/N-ethyl adjacent to an activating group) is 1. The molecular weight excluding hydrogens is 472 g/mol. The predicted octanol–water partition coefficient (Wildman–Crippen LogP) is 3.84. The minimum Gasteiger partial charge on any atom is -0.490 e. The van der Waals surface area contributed by atoms with Crippen LogP contribution in [0.5, 0.6) is 5.75 Å². The molecule has 0 saturated carbocycles. The van der Waals surface area contributed by atoms with Crippen molar-refractivity contribution in [2.45, 2.75) is 37.5 Å². The maximum Gasteiger partial charge on any atom is 0.323 e. The first kappa shape index (κ1) is 24.8. The van der Waals surface area contributed by atoms with Gasteiger partial charge >= 0.3 is 6.03 Å². The Morgan fingerprint density at radius 1 is 1.11 bits per heavy atom. The Morgan fingerprint density at radius 2 is 1.86 bits per heavy atom. The van der Waals surface area contributed by atoms with Gasteiger partial charge in [0.1, 0.15) is 18.5 Å². The predicted molar refractivity (Wildman–Crippen MR) is 133 cm³/mol. The molecule has 2 aromatic rings. The molecule has 2 heterocycles. The number of amides is 4. The van der Waals surface area contributed by atoms with Crippen LogP contribution < -0.4 is 15.4 Å². The fraction of sp³-hybridized carbons (Fsp3) is 0.400. The van der Waals surface area contributed by atoms with Crippen LogP contribution in [0.15, 0.2) is 42.5 Å². The molecule has 186 valence electrons. The van der Waals surface area contributed by atoms with Gasteiger partial charge in [-0.2, -0.15) is 0 Å². The second kappa shape index (κ2) is 10.5. The number of carbonyl (C=O) groups is 3. The number of ether oxygens (including phenoxy) is 2. The zero-order valence-electron chi connectivity index (χ0n) is 19.9. The van der Waals surface area contributed by atoms with E-state index in [9.17, 15) is 14.4 Å². The van der Waals surface area contributed by atoms with Gasteiger partial charge in [0.2, 0.25) is 5.91 Å². The van der Waals surface area contributed by atoms with Crippen LogP contribution >= 0.6 is 11.6 Å². The van der Waals surface area contributed by atoms with Gasteiger partial charge in [0, 0.05) is 37.5 Å². The van der Waals surface area contributed by atoms with Crippen molar-refractivity contribution in [3.63, 3.8) is 0 Å². The Kier molecular flexibility index (Phi) is 7.47. The minimum atomic E-state index is -0.459. The Morgan fingerprint density at radius 3 is 2.57 bits per heavy atom. The minimum absolute atomic E-state index is 0.00872. The van der Waals surface area contributed by atoms with Crippen molar-refractivity contribution in [3.8, 4) is 5.75 Å². The van der Waals surface area contributed by atoms with E-state index in [1.165, 1.54) is 0 Å². The van der Waals surface area contributed by atoms with Crippen molar-refractivity contribution in [1.29, 1.82) is 0 Å². The third-order valence-corrected chi connectivity index (χ3v) is 6.49. The van der Waals surface area contributed by atoms with E-state index in [1.54, 1.807) is 73.4 Å². The average Bonchev–Trinajstić information content (AvgIpc) is 2.81. The fourth-order valence-electron chi connectivity index (χ4n) is 4.34. The summed E-state index contributed by atoms with van der Waals surface area (Å²) in [7, 11) is 5.19. The van der Waals surface area contributed by atoms with Gasteiger partial charge in [-0.05, 0) is 49.2 Å². The Labute approximate surface area is 209 Å². The van der Waals surface area contributed by atoms with Gasteiger partial charge in [-0.25, -0.2) is 4.79 Å². The van der Waals surface area contributed by atoms with Crippen molar-refractivity contribution in [3.05, 3.63) is 53.1 Å². The van der Waals surface area contributed by atoms with Gasteiger partial charge in [0.05, 0.1) is 24.1 Å². The number of fused-ring (bicyclic) bond motifs is 2. The highest BCUT2D eigenvalue weighted by molar-refractivity contribution is 6.30. The monoisotopic (exact) mass is 500 g/mol. The number of rotatable bonds is 4. The largest absolute Gasteiger partial charge is 0.490 e. The highest BCUT2D eigenvalue weighted by atomic mass is 35.5. The smallest absolute Gasteiger partial charge is 0.323 e. The van der Waals surface area contributed by atoms with Gasteiger partial charge in [-0.15, -0.1) is 0 Å². The van der Waals surface area contributed by atoms with Crippen LogP contribution in [0.4, 0.5) is 16.2 Å². The average molecular weight is 501 g/mol. The highest BCUT2D eigenvalue weighted by Crippen LogP contribution is 2.32. The molecule has 0 aliphatic carbocycles. The molecule has 9 nitrogen and oxygen atoms in total.